The van der Waals surface area contributed by atoms with Gasteiger partial charge in [-0.05, 0) is 97.6 Å². The Bertz CT molecular complexity index is 1500. The van der Waals surface area contributed by atoms with Gasteiger partial charge in [0.2, 0.25) is 0 Å². The fraction of sp³-hybridized carbons (Fsp3) is 0.571. The summed E-state index contributed by atoms with van der Waals surface area (Å²) in [4.78, 5) is 33.5. The van der Waals surface area contributed by atoms with E-state index in [0.717, 1.165) is 45.6 Å². The van der Waals surface area contributed by atoms with Crippen molar-refractivity contribution in [1.29, 1.82) is 0 Å². The Hall–Kier alpha value is -3.50. The minimum Gasteiger partial charge on any atom is -0.482 e. The van der Waals surface area contributed by atoms with Crippen LogP contribution in [0.5, 0.6) is 5.75 Å². The molecule has 1 aromatic heterocycles. The van der Waals surface area contributed by atoms with E-state index >= 15 is 0 Å². The number of urea groups is 1. The standard InChI is InChI=1S/C25H30Cl2FN5O2.C10H18N2O2/c1-16(21-18(26)6-7-19(28)22(21)27)35-20-14-17(15-31-23(20)29)8-9-25(2,3)32-24(34)30-10-13-33-11-4-5-12-33;13-10(14)12-7-3-9(4-8-12)11-5-1-2-6-11/h6-7,14-16H,4-5,10-13H2,1-3H3,(H2,29,31)(H2,30,32,34);9H,1-8H2,(H,13,14). The number of carbonyl (C=O) groups is 2. The van der Waals surface area contributed by atoms with Gasteiger partial charge in [0.05, 0.1) is 10.6 Å². The second kappa shape index (κ2) is 17.9. The molecule has 1 aromatic carbocycles. The number of likely N-dealkylation sites (tertiary alicyclic amines) is 3. The molecule has 268 valence electrons. The van der Waals surface area contributed by atoms with Crippen LogP contribution in [0.2, 0.25) is 10.0 Å². The van der Waals surface area contributed by atoms with Crippen LogP contribution in [0.15, 0.2) is 24.4 Å². The van der Waals surface area contributed by atoms with Crippen LogP contribution in [0.4, 0.5) is 19.8 Å². The normalized spacial score (nSPS) is 17.8. The number of carbonyl (C=O) groups excluding carboxylic acids is 1. The van der Waals surface area contributed by atoms with Crippen LogP contribution in [0.25, 0.3) is 0 Å². The van der Waals surface area contributed by atoms with Crippen molar-refractivity contribution < 1.29 is 23.8 Å². The third-order valence-electron chi connectivity index (χ3n) is 8.92. The second-order valence-corrected chi connectivity index (χ2v) is 14.0. The summed E-state index contributed by atoms with van der Waals surface area (Å²) >= 11 is 12.3. The lowest BCUT2D eigenvalue weighted by atomic mass is 10.0. The number of benzene rings is 1. The zero-order chi connectivity index (χ0) is 35.6. The van der Waals surface area contributed by atoms with Gasteiger partial charge in [-0.1, -0.05) is 35.0 Å². The zero-order valence-electron chi connectivity index (χ0n) is 28.5. The van der Waals surface area contributed by atoms with Crippen molar-refractivity contribution >= 4 is 41.1 Å². The van der Waals surface area contributed by atoms with E-state index < -0.39 is 23.6 Å². The summed E-state index contributed by atoms with van der Waals surface area (Å²) in [6.45, 7) is 12.8. The van der Waals surface area contributed by atoms with Crippen molar-refractivity contribution in [2.24, 2.45) is 0 Å². The molecule has 3 saturated heterocycles. The molecule has 49 heavy (non-hydrogen) atoms. The van der Waals surface area contributed by atoms with Crippen LogP contribution < -0.4 is 21.1 Å². The van der Waals surface area contributed by atoms with Gasteiger partial charge in [0.1, 0.15) is 11.9 Å². The summed E-state index contributed by atoms with van der Waals surface area (Å²) in [6.07, 6.45) is 7.16. The van der Waals surface area contributed by atoms with E-state index in [0.29, 0.717) is 23.7 Å². The van der Waals surface area contributed by atoms with E-state index in [9.17, 15) is 14.0 Å². The molecule has 0 bridgehead atoms. The average molecular weight is 721 g/mol. The lowest BCUT2D eigenvalue weighted by Gasteiger charge is -2.35. The largest absolute Gasteiger partial charge is 0.482 e. The number of rotatable bonds is 8. The lowest BCUT2D eigenvalue weighted by molar-refractivity contribution is 0.105. The van der Waals surface area contributed by atoms with Crippen LogP contribution in [0.3, 0.4) is 0 Å². The minimum atomic E-state index is -0.796. The first kappa shape index (κ1) is 38.3. The Labute approximate surface area is 298 Å². The van der Waals surface area contributed by atoms with Crippen LogP contribution in [0, 0.1) is 17.7 Å². The molecule has 0 saturated carbocycles. The van der Waals surface area contributed by atoms with Crippen LogP contribution in [-0.2, 0) is 0 Å². The zero-order valence-corrected chi connectivity index (χ0v) is 30.0. The Morgan fingerprint density at radius 2 is 1.78 bits per heavy atom. The number of hydrogen-bond donors (Lipinski definition) is 4. The highest BCUT2D eigenvalue weighted by Gasteiger charge is 2.28. The van der Waals surface area contributed by atoms with Crippen LogP contribution in [0.1, 0.15) is 76.5 Å². The molecule has 3 fully saturated rings. The van der Waals surface area contributed by atoms with Gasteiger partial charge in [-0.15, -0.1) is 0 Å². The number of piperidine rings is 1. The Kier molecular flexibility index (Phi) is 14.0. The number of hydrogen-bond acceptors (Lipinski definition) is 7. The Morgan fingerprint density at radius 1 is 1.12 bits per heavy atom. The average Bonchev–Trinajstić information content (AvgIpc) is 3.79. The number of aromatic nitrogens is 1. The van der Waals surface area contributed by atoms with E-state index in [-0.39, 0.29) is 27.6 Å². The van der Waals surface area contributed by atoms with Crippen molar-refractivity contribution in [2.45, 2.75) is 77.0 Å². The molecule has 1 unspecified atom stereocenters. The van der Waals surface area contributed by atoms with Gasteiger partial charge in [0, 0.05) is 60.6 Å². The SMILES string of the molecule is CC(Oc1cc(C#CC(C)(C)NC(=O)NCCN2CCCC2)cnc1N)c1c(Cl)ccc(F)c1Cl.O=C(O)N1CCC(N2CCCC2)CC1. The molecule has 0 aliphatic carbocycles. The minimum absolute atomic E-state index is 0.112. The maximum Gasteiger partial charge on any atom is 0.407 e. The van der Waals surface area contributed by atoms with Gasteiger partial charge in [0.15, 0.2) is 11.6 Å². The van der Waals surface area contributed by atoms with E-state index in [2.05, 4.69) is 37.3 Å². The lowest BCUT2D eigenvalue weighted by Crippen LogP contribution is -2.48. The highest BCUT2D eigenvalue weighted by molar-refractivity contribution is 6.36. The summed E-state index contributed by atoms with van der Waals surface area (Å²) in [7, 11) is 0. The van der Waals surface area contributed by atoms with Crippen molar-refractivity contribution in [2.75, 3.05) is 58.1 Å². The van der Waals surface area contributed by atoms with Crippen molar-refractivity contribution in [3.05, 3.63) is 51.4 Å². The highest BCUT2D eigenvalue weighted by Crippen LogP contribution is 2.36. The molecule has 1 atom stereocenters. The van der Waals surface area contributed by atoms with Gasteiger partial charge in [0.25, 0.3) is 0 Å². The number of amides is 3. The van der Waals surface area contributed by atoms with Crippen LogP contribution in [-0.4, -0.2) is 101 Å². The van der Waals surface area contributed by atoms with Crippen molar-refractivity contribution in [3.8, 4) is 17.6 Å². The molecule has 3 aliphatic heterocycles. The highest BCUT2D eigenvalue weighted by atomic mass is 35.5. The third kappa shape index (κ3) is 11.5. The van der Waals surface area contributed by atoms with Gasteiger partial charge < -0.3 is 40.9 Å². The second-order valence-electron chi connectivity index (χ2n) is 13.2. The number of nitrogens with two attached hydrogens (primary N) is 1. The third-order valence-corrected chi connectivity index (χ3v) is 9.63. The molecule has 14 heteroatoms. The molecule has 5 N–H and O–H groups in total. The molecule has 4 heterocycles. The first-order valence-electron chi connectivity index (χ1n) is 16.9. The summed E-state index contributed by atoms with van der Waals surface area (Å²) < 4.78 is 19.8. The van der Waals surface area contributed by atoms with E-state index in [4.69, 9.17) is 38.8 Å². The number of pyridine rings is 1. The van der Waals surface area contributed by atoms with E-state index in [1.54, 1.807) is 26.8 Å². The molecule has 3 aliphatic rings. The van der Waals surface area contributed by atoms with Crippen molar-refractivity contribution in [3.63, 3.8) is 0 Å². The number of carboxylic acid groups (broad SMARTS) is 1. The molecule has 0 spiro atoms. The molecular weight excluding hydrogens is 672 g/mol. The van der Waals surface area contributed by atoms with Gasteiger partial charge >= 0.3 is 12.1 Å². The summed E-state index contributed by atoms with van der Waals surface area (Å²) in [5.74, 6) is 5.83. The molecule has 0 radical (unpaired) electrons. The quantitative estimate of drug-likeness (QED) is 0.193. The number of nitrogens with zero attached hydrogens (tertiary/aromatic N) is 4. The predicted molar refractivity (Wildman–Crippen MR) is 191 cm³/mol. The predicted octanol–water partition coefficient (Wildman–Crippen LogP) is 6.00. The number of nitrogen functional groups attached to an aromatic ring is 1. The van der Waals surface area contributed by atoms with E-state index in [1.807, 2.05) is 0 Å². The summed E-state index contributed by atoms with van der Waals surface area (Å²) in [5, 5.41) is 14.7. The maximum atomic E-state index is 13.9. The molecular formula is C35H48Cl2FN7O4. The number of nitrogens with one attached hydrogen (secondary N) is 2. The van der Waals surface area contributed by atoms with E-state index in [1.165, 1.54) is 62.0 Å². The topological polar surface area (TPSA) is 136 Å². The number of anilines is 1. The smallest absolute Gasteiger partial charge is 0.407 e. The maximum absolute atomic E-state index is 13.9. The van der Waals surface area contributed by atoms with Gasteiger partial charge in [-0.3, -0.25) is 0 Å². The monoisotopic (exact) mass is 719 g/mol. The van der Waals surface area contributed by atoms with Crippen molar-refractivity contribution in [1.82, 2.24) is 30.3 Å². The summed E-state index contributed by atoms with van der Waals surface area (Å²) in [5.41, 5.74) is 6.01. The summed E-state index contributed by atoms with van der Waals surface area (Å²) in [6, 6.07) is 4.60. The number of ether oxygens (including phenoxy) is 1. The molecule has 3 amide bonds. The number of halogens is 3. The van der Waals surface area contributed by atoms with Crippen LogP contribution >= 0.6 is 23.2 Å². The first-order valence-corrected chi connectivity index (χ1v) is 17.7. The first-order chi connectivity index (χ1) is 23.3. The molecule has 11 nitrogen and oxygen atoms in total. The molecule has 2 aromatic rings. The molecule has 5 rings (SSSR count). The fourth-order valence-corrected chi connectivity index (χ4v) is 6.91. The Balaban J connectivity index is 0.000000319. The fourth-order valence-electron chi connectivity index (χ4n) is 6.23. The van der Waals surface area contributed by atoms with Gasteiger partial charge in [-0.2, -0.15) is 0 Å². The van der Waals surface area contributed by atoms with Gasteiger partial charge in [-0.25, -0.2) is 19.0 Å². The Morgan fingerprint density at radius 3 is 2.43 bits per heavy atom.